The third-order valence-corrected chi connectivity index (χ3v) is 5.98. The molecule has 5 nitrogen and oxygen atoms in total. The zero-order valence-corrected chi connectivity index (χ0v) is 15.2. The van der Waals surface area contributed by atoms with Crippen molar-refractivity contribution in [1.82, 2.24) is 25.1 Å². The normalized spacial score (nSPS) is 17.5. The predicted molar refractivity (Wildman–Crippen MR) is 102 cm³/mol. The highest BCUT2D eigenvalue weighted by atomic mass is 32.1. The van der Waals surface area contributed by atoms with Crippen LogP contribution in [0.25, 0.3) is 32.5 Å². The Kier molecular flexibility index (Phi) is 3.72. The van der Waals surface area contributed by atoms with Crippen molar-refractivity contribution in [3.05, 3.63) is 41.3 Å². The van der Waals surface area contributed by atoms with Gasteiger partial charge >= 0.3 is 0 Å². The Labute approximate surface area is 153 Å². The highest BCUT2D eigenvalue weighted by Gasteiger charge is 2.17. The van der Waals surface area contributed by atoms with E-state index >= 15 is 0 Å². The van der Waals surface area contributed by atoms with Gasteiger partial charge in [0.05, 0.1) is 0 Å². The third-order valence-electron chi connectivity index (χ3n) is 4.91. The molecule has 5 rings (SSSR count). The number of aromatic nitrogens is 4. The summed E-state index contributed by atoms with van der Waals surface area (Å²) in [6.07, 6.45) is 5.96. The molecule has 0 amide bonds. The first-order chi connectivity index (χ1) is 12.7. The molecule has 0 bridgehead atoms. The summed E-state index contributed by atoms with van der Waals surface area (Å²) in [5, 5.41) is 9.37. The summed E-state index contributed by atoms with van der Waals surface area (Å²) in [7, 11) is 1.79. The number of thiophene rings is 1. The number of halogens is 1. The van der Waals surface area contributed by atoms with E-state index in [1.807, 2.05) is 12.3 Å². The SMILES string of the molecule is Cn1cc2cc(-c3ncc4cc(C[C@H]5CCNC5)sc4n3)cc(F)c2n1. The Morgan fingerprint density at radius 3 is 3.08 bits per heavy atom. The average Bonchev–Trinajstić information content (AvgIpc) is 3.33. The first-order valence-electron chi connectivity index (χ1n) is 8.75. The number of rotatable bonds is 3. The minimum Gasteiger partial charge on any atom is -0.316 e. The first-order valence-corrected chi connectivity index (χ1v) is 9.57. The van der Waals surface area contributed by atoms with Gasteiger partial charge in [-0.05, 0) is 50.0 Å². The van der Waals surface area contributed by atoms with E-state index in [9.17, 15) is 4.39 Å². The second-order valence-electron chi connectivity index (χ2n) is 6.93. The number of fused-ring (bicyclic) bond motifs is 2. The van der Waals surface area contributed by atoms with Gasteiger partial charge in [-0.25, -0.2) is 14.4 Å². The highest BCUT2D eigenvalue weighted by Crippen LogP contribution is 2.30. The fraction of sp³-hybridized carbons (Fsp3) is 0.316. The summed E-state index contributed by atoms with van der Waals surface area (Å²) in [4.78, 5) is 11.5. The van der Waals surface area contributed by atoms with Crippen LogP contribution in [-0.2, 0) is 13.5 Å². The topological polar surface area (TPSA) is 55.6 Å². The van der Waals surface area contributed by atoms with Gasteiger partial charge in [-0.3, -0.25) is 4.68 Å². The molecule has 0 aliphatic carbocycles. The van der Waals surface area contributed by atoms with Gasteiger partial charge < -0.3 is 5.32 Å². The molecule has 26 heavy (non-hydrogen) atoms. The van der Waals surface area contributed by atoms with Crippen LogP contribution in [0.2, 0.25) is 0 Å². The summed E-state index contributed by atoms with van der Waals surface area (Å²) in [6.45, 7) is 2.21. The summed E-state index contributed by atoms with van der Waals surface area (Å²) in [5.41, 5.74) is 1.06. The highest BCUT2D eigenvalue weighted by molar-refractivity contribution is 7.18. The fourth-order valence-corrected chi connectivity index (χ4v) is 4.75. The molecule has 1 aromatic carbocycles. The molecule has 1 saturated heterocycles. The standard InChI is InChI=1S/C19H18FN5S/c1-25-10-14-5-12(7-16(20)17(14)24-25)18-22-9-13-6-15(26-19(13)23-18)4-11-2-3-21-8-11/h5-7,9-11,21H,2-4,8H2,1H3/t11-/m1/s1. The number of aryl methyl sites for hydroxylation is 1. The molecule has 132 valence electrons. The van der Waals surface area contributed by atoms with Crippen LogP contribution in [0.4, 0.5) is 4.39 Å². The van der Waals surface area contributed by atoms with Crippen molar-refractivity contribution in [2.45, 2.75) is 12.8 Å². The van der Waals surface area contributed by atoms with E-state index in [1.54, 1.807) is 29.3 Å². The van der Waals surface area contributed by atoms with Crippen LogP contribution in [0.5, 0.6) is 0 Å². The molecule has 0 saturated carbocycles. The molecule has 3 aromatic heterocycles. The van der Waals surface area contributed by atoms with Gasteiger partial charge in [-0.1, -0.05) is 0 Å². The van der Waals surface area contributed by atoms with Crippen molar-refractivity contribution in [3.8, 4) is 11.4 Å². The van der Waals surface area contributed by atoms with Crippen LogP contribution >= 0.6 is 11.3 Å². The molecule has 7 heteroatoms. The first kappa shape index (κ1) is 15.8. The average molecular weight is 367 g/mol. The minimum atomic E-state index is -0.345. The van der Waals surface area contributed by atoms with Crippen LogP contribution in [0, 0.1) is 11.7 Å². The van der Waals surface area contributed by atoms with E-state index in [0.29, 0.717) is 22.8 Å². The smallest absolute Gasteiger partial charge is 0.160 e. The van der Waals surface area contributed by atoms with Crippen molar-refractivity contribution in [2.24, 2.45) is 13.0 Å². The molecule has 0 radical (unpaired) electrons. The van der Waals surface area contributed by atoms with E-state index in [2.05, 4.69) is 21.5 Å². The lowest BCUT2D eigenvalue weighted by molar-refractivity contribution is 0.585. The largest absolute Gasteiger partial charge is 0.316 e. The van der Waals surface area contributed by atoms with Crippen molar-refractivity contribution in [1.29, 1.82) is 0 Å². The van der Waals surface area contributed by atoms with Gasteiger partial charge in [-0.2, -0.15) is 5.10 Å². The van der Waals surface area contributed by atoms with Gasteiger partial charge in [0.15, 0.2) is 11.6 Å². The Hall–Kier alpha value is -2.38. The second kappa shape index (κ2) is 6.10. The lowest BCUT2D eigenvalue weighted by atomic mass is 10.0. The van der Waals surface area contributed by atoms with E-state index in [1.165, 1.54) is 17.4 Å². The third kappa shape index (κ3) is 2.77. The minimum absolute atomic E-state index is 0.345. The molecule has 1 N–H and O–H groups in total. The van der Waals surface area contributed by atoms with Crippen LogP contribution < -0.4 is 5.32 Å². The van der Waals surface area contributed by atoms with Crippen molar-refractivity contribution in [3.63, 3.8) is 0 Å². The summed E-state index contributed by atoms with van der Waals surface area (Å²) in [6, 6.07) is 5.55. The zero-order valence-electron chi connectivity index (χ0n) is 14.4. The van der Waals surface area contributed by atoms with E-state index in [-0.39, 0.29) is 5.82 Å². The van der Waals surface area contributed by atoms with Gasteiger partial charge in [0.25, 0.3) is 0 Å². The van der Waals surface area contributed by atoms with Crippen molar-refractivity contribution < 1.29 is 4.39 Å². The van der Waals surface area contributed by atoms with E-state index in [0.717, 1.165) is 35.1 Å². The second-order valence-corrected chi connectivity index (χ2v) is 8.04. The lowest BCUT2D eigenvalue weighted by Gasteiger charge is -2.04. The molecule has 1 atom stereocenters. The van der Waals surface area contributed by atoms with Crippen LogP contribution in [0.1, 0.15) is 11.3 Å². The number of benzene rings is 1. The number of nitrogens with zero attached hydrogens (tertiary/aromatic N) is 4. The molecular formula is C19H18FN5S. The monoisotopic (exact) mass is 367 g/mol. The predicted octanol–water partition coefficient (Wildman–Crippen LogP) is 3.54. The fourth-order valence-electron chi connectivity index (χ4n) is 3.64. The molecular weight excluding hydrogens is 349 g/mol. The van der Waals surface area contributed by atoms with E-state index in [4.69, 9.17) is 4.98 Å². The van der Waals surface area contributed by atoms with Gasteiger partial charge in [0.1, 0.15) is 10.3 Å². The maximum absolute atomic E-state index is 14.4. The Morgan fingerprint density at radius 1 is 1.31 bits per heavy atom. The zero-order chi connectivity index (χ0) is 17.7. The molecule has 0 unspecified atom stereocenters. The Morgan fingerprint density at radius 2 is 2.23 bits per heavy atom. The van der Waals surface area contributed by atoms with Gasteiger partial charge in [-0.15, -0.1) is 11.3 Å². The van der Waals surface area contributed by atoms with Gasteiger partial charge in [0.2, 0.25) is 0 Å². The Bertz CT molecular complexity index is 1110. The van der Waals surface area contributed by atoms with Crippen LogP contribution in [0.15, 0.2) is 30.6 Å². The van der Waals surface area contributed by atoms with Crippen molar-refractivity contribution in [2.75, 3.05) is 13.1 Å². The van der Waals surface area contributed by atoms with Crippen LogP contribution in [0.3, 0.4) is 0 Å². The van der Waals surface area contributed by atoms with Gasteiger partial charge in [0, 0.05) is 40.7 Å². The molecule has 1 aliphatic rings. The number of hydrogen-bond donors (Lipinski definition) is 1. The lowest BCUT2D eigenvalue weighted by Crippen LogP contribution is -2.10. The maximum Gasteiger partial charge on any atom is 0.160 e. The van der Waals surface area contributed by atoms with Crippen molar-refractivity contribution >= 4 is 32.5 Å². The molecule has 4 heterocycles. The Balaban J connectivity index is 1.52. The summed E-state index contributed by atoms with van der Waals surface area (Å²) >= 11 is 1.72. The van der Waals surface area contributed by atoms with E-state index < -0.39 is 0 Å². The quantitative estimate of drug-likeness (QED) is 0.602. The molecule has 1 aliphatic heterocycles. The summed E-state index contributed by atoms with van der Waals surface area (Å²) < 4.78 is 16.0. The molecule has 1 fully saturated rings. The number of nitrogens with one attached hydrogen (secondary N) is 1. The van der Waals surface area contributed by atoms with Crippen LogP contribution in [-0.4, -0.2) is 32.8 Å². The molecule has 4 aromatic rings. The summed E-state index contributed by atoms with van der Waals surface area (Å²) in [5.74, 6) is 0.915. The molecule has 0 spiro atoms. The number of hydrogen-bond acceptors (Lipinski definition) is 5. The maximum atomic E-state index is 14.4.